The molecule has 0 amide bonds. The van der Waals surface area contributed by atoms with E-state index >= 15 is 0 Å². The first-order valence-electron chi connectivity index (χ1n) is 5.33. The molecule has 1 aliphatic heterocycles. The predicted molar refractivity (Wildman–Crippen MR) is 62.3 cm³/mol. The first-order valence-corrected chi connectivity index (χ1v) is 5.33. The molecule has 0 unspecified atom stereocenters. The highest BCUT2D eigenvalue weighted by Gasteiger charge is 2.38. The molecule has 0 saturated heterocycles. The van der Waals surface area contributed by atoms with Crippen molar-refractivity contribution in [2.24, 2.45) is 5.41 Å². The van der Waals surface area contributed by atoms with Gasteiger partial charge in [0, 0.05) is 6.54 Å². The fraction of sp³-hybridized carbons (Fsp3) is 0.385. The maximum Gasteiger partial charge on any atom is 0.146 e. The summed E-state index contributed by atoms with van der Waals surface area (Å²) in [5.41, 5.74) is 1.55. The third kappa shape index (κ3) is 1.72. The second kappa shape index (κ2) is 3.46. The van der Waals surface area contributed by atoms with Crippen LogP contribution in [0.4, 0.5) is 15.8 Å². The number of halogens is 1. The summed E-state index contributed by atoms with van der Waals surface area (Å²) >= 11 is 0. The molecule has 0 N–H and O–H groups in total. The average Bonchev–Trinajstić information content (AvgIpc) is 2.92. The van der Waals surface area contributed by atoms with E-state index < -0.39 is 11.2 Å². The third-order valence-corrected chi connectivity index (χ3v) is 2.88. The van der Waals surface area contributed by atoms with Crippen LogP contribution in [0.5, 0.6) is 0 Å². The largest absolute Gasteiger partial charge is 0.335 e. The SMILES string of the molecule is Cc1cc2c(c(C#N)c1F)N2CC(C)(C)C#N. The van der Waals surface area contributed by atoms with Crippen LogP contribution in [-0.4, -0.2) is 6.54 Å². The van der Waals surface area contributed by atoms with Gasteiger partial charge in [-0.15, -0.1) is 0 Å². The third-order valence-electron chi connectivity index (χ3n) is 2.88. The summed E-state index contributed by atoms with van der Waals surface area (Å²) in [6.45, 7) is 5.76. The topological polar surface area (TPSA) is 50.6 Å². The van der Waals surface area contributed by atoms with Gasteiger partial charge in [0.2, 0.25) is 0 Å². The van der Waals surface area contributed by atoms with Gasteiger partial charge in [0.25, 0.3) is 0 Å². The predicted octanol–water partition coefficient (Wildman–Crippen LogP) is 3.01. The quantitative estimate of drug-likeness (QED) is 0.732. The summed E-state index contributed by atoms with van der Waals surface area (Å²) in [5.74, 6) is -0.455. The summed E-state index contributed by atoms with van der Waals surface area (Å²) in [6, 6.07) is 5.81. The summed E-state index contributed by atoms with van der Waals surface area (Å²) in [4.78, 5) is 1.83. The molecule has 0 aliphatic carbocycles. The van der Waals surface area contributed by atoms with Crippen LogP contribution in [-0.2, 0) is 0 Å². The van der Waals surface area contributed by atoms with E-state index in [2.05, 4.69) is 6.07 Å². The first kappa shape index (κ1) is 11.4. The smallest absolute Gasteiger partial charge is 0.146 e. The molecule has 0 fully saturated rings. The molecule has 3 nitrogen and oxygen atoms in total. The zero-order valence-corrected chi connectivity index (χ0v) is 10.0. The van der Waals surface area contributed by atoms with Crippen molar-refractivity contribution in [1.29, 1.82) is 10.5 Å². The highest BCUT2D eigenvalue weighted by atomic mass is 19.1. The van der Waals surface area contributed by atoms with Crippen molar-refractivity contribution in [3.63, 3.8) is 0 Å². The van der Waals surface area contributed by atoms with Gasteiger partial charge in [0.15, 0.2) is 0 Å². The Morgan fingerprint density at radius 3 is 2.59 bits per heavy atom. The number of nitrogens with zero attached hydrogens (tertiary/aromatic N) is 3. The van der Waals surface area contributed by atoms with Gasteiger partial charge in [-0.1, -0.05) is 0 Å². The van der Waals surface area contributed by atoms with Crippen LogP contribution in [0.2, 0.25) is 0 Å². The molecule has 0 aromatic heterocycles. The molecule has 1 aromatic carbocycles. The van der Waals surface area contributed by atoms with Crippen LogP contribution in [0.3, 0.4) is 0 Å². The normalized spacial score (nSPS) is 12.7. The van der Waals surface area contributed by atoms with Gasteiger partial charge >= 0.3 is 0 Å². The molecule has 1 aromatic rings. The monoisotopic (exact) mass is 229 g/mol. The average molecular weight is 229 g/mol. The second-order valence-electron chi connectivity index (χ2n) is 4.94. The van der Waals surface area contributed by atoms with Crippen molar-refractivity contribution in [1.82, 2.24) is 0 Å². The number of aryl methyl sites for hydroxylation is 1. The summed E-state index contributed by atoms with van der Waals surface area (Å²) in [5, 5.41) is 17.9. The molecule has 1 heterocycles. The molecule has 2 rings (SSSR count). The van der Waals surface area contributed by atoms with Crippen molar-refractivity contribution in [3.8, 4) is 12.1 Å². The van der Waals surface area contributed by atoms with E-state index in [0.29, 0.717) is 17.8 Å². The molecule has 0 spiro atoms. The van der Waals surface area contributed by atoms with Crippen LogP contribution in [0.25, 0.3) is 0 Å². The number of anilines is 2. The van der Waals surface area contributed by atoms with Crippen molar-refractivity contribution in [3.05, 3.63) is 23.0 Å². The number of hydrogen-bond donors (Lipinski definition) is 0. The molecule has 17 heavy (non-hydrogen) atoms. The second-order valence-corrected chi connectivity index (χ2v) is 4.94. The van der Waals surface area contributed by atoms with Gasteiger partial charge in [0.05, 0.1) is 22.9 Å². The minimum absolute atomic E-state index is 0.0914. The summed E-state index contributed by atoms with van der Waals surface area (Å²) in [7, 11) is 0. The highest BCUT2D eigenvalue weighted by molar-refractivity contribution is 5.97. The molecule has 0 atom stereocenters. The highest BCUT2D eigenvalue weighted by Crippen LogP contribution is 2.53. The Bertz CT molecular complexity index is 576. The number of benzene rings is 1. The Morgan fingerprint density at radius 1 is 1.41 bits per heavy atom. The van der Waals surface area contributed by atoms with E-state index in [1.165, 1.54) is 0 Å². The van der Waals surface area contributed by atoms with Crippen LogP contribution in [0, 0.1) is 40.8 Å². The Hall–Kier alpha value is -2.07. The molecule has 0 bridgehead atoms. The Balaban J connectivity index is 2.36. The molecule has 0 saturated carbocycles. The van der Waals surface area contributed by atoms with Gasteiger partial charge in [-0.3, -0.25) is 0 Å². The van der Waals surface area contributed by atoms with Crippen LogP contribution < -0.4 is 4.90 Å². The van der Waals surface area contributed by atoms with E-state index in [1.54, 1.807) is 13.0 Å². The lowest BCUT2D eigenvalue weighted by Gasteiger charge is -2.16. The molecule has 1 aliphatic rings. The number of fused-ring (bicyclic) bond motifs is 1. The maximum absolute atomic E-state index is 13.7. The fourth-order valence-corrected chi connectivity index (χ4v) is 1.89. The molecule has 0 radical (unpaired) electrons. The van der Waals surface area contributed by atoms with E-state index in [4.69, 9.17) is 10.5 Å². The Labute approximate surface area is 99.7 Å². The van der Waals surface area contributed by atoms with E-state index in [9.17, 15) is 4.39 Å². The molecule has 86 valence electrons. The maximum atomic E-state index is 13.7. The van der Waals surface area contributed by atoms with Gasteiger partial charge in [-0.2, -0.15) is 10.5 Å². The van der Waals surface area contributed by atoms with Gasteiger partial charge < -0.3 is 4.90 Å². The van der Waals surface area contributed by atoms with Crippen molar-refractivity contribution in [2.45, 2.75) is 20.8 Å². The van der Waals surface area contributed by atoms with E-state index in [1.807, 2.05) is 24.8 Å². The van der Waals surface area contributed by atoms with Gasteiger partial charge in [-0.25, -0.2) is 4.39 Å². The Morgan fingerprint density at radius 2 is 2.06 bits per heavy atom. The Kier molecular flexibility index (Phi) is 2.33. The van der Waals surface area contributed by atoms with Crippen LogP contribution >= 0.6 is 0 Å². The van der Waals surface area contributed by atoms with Crippen molar-refractivity contribution in [2.75, 3.05) is 11.4 Å². The van der Waals surface area contributed by atoms with Gasteiger partial charge in [-0.05, 0) is 32.4 Å². The van der Waals surface area contributed by atoms with Gasteiger partial charge in [0.1, 0.15) is 17.4 Å². The van der Waals surface area contributed by atoms with Crippen molar-refractivity contribution >= 4 is 11.4 Å². The number of rotatable bonds is 2. The molecular formula is C13H12FN3. The first-order chi connectivity index (χ1) is 7.91. The van der Waals surface area contributed by atoms with E-state index in [0.717, 1.165) is 5.69 Å². The lowest BCUT2D eigenvalue weighted by molar-refractivity contribution is 0.514. The number of hydrogen-bond acceptors (Lipinski definition) is 3. The molecule has 4 heteroatoms. The lowest BCUT2D eigenvalue weighted by Crippen LogP contribution is -2.22. The van der Waals surface area contributed by atoms with Crippen molar-refractivity contribution < 1.29 is 4.39 Å². The molecular weight excluding hydrogens is 217 g/mol. The van der Waals surface area contributed by atoms with Crippen LogP contribution in [0.1, 0.15) is 25.0 Å². The standard InChI is InChI=1S/C13H12FN3/c1-8-4-10-12(9(5-15)11(8)14)17(10)7-13(2,3)6-16/h4H,7H2,1-3H3. The minimum Gasteiger partial charge on any atom is -0.335 e. The zero-order chi connectivity index (χ0) is 12.8. The number of nitriles is 2. The van der Waals surface area contributed by atoms with Crippen LogP contribution in [0.15, 0.2) is 6.07 Å². The lowest BCUT2D eigenvalue weighted by atomic mass is 9.96. The fourth-order valence-electron chi connectivity index (χ4n) is 1.89. The van der Waals surface area contributed by atoms with E-state index in [-0.39, 0.29) is 5.56 Å². The minimum atomic E-state index is -0.518. The zero-order valence-electron chi connectivity index (χ0n) is 10.0. The summed E-state index contributed by atoms with van der Waals surface area (Å²) < 4.78 is 13.7. The summed E-state index contributed by atoms with van der Waals surface area (Å²) in [6.07, 6.45) is 0.